The van der Waals surface area contributed by atoms with Crippen LogP contribution >= 0.6 is 0 Å². The zero-order valence-corrected chi connectivity index (χ0v) is 7.50. The molecule has 1 aliphatic rings. The van der Waals surface area contributed by atoms with Crippen LogP contribution in [-0.2, 0) is 5.11 Å². The highest BCUT2D eigenvalue weighted by Gasteiger charge is 2.17. The van der Waals surface area contributed by atoms with Crippen LogP contribution in [0.4, 0.5) is 4.39 Å². The van der Waals surface area contributed by atoms with Crippen LogP contribution in [0.15, 0.2) is 0 Å². The van der Waals surface area contributed by atoms with Crippen LogP contribution in [-0.4, -0.2) is 62.3 Å². The first-order chi connectivity index (χ1) is 5.72. The van der Waals surface area contributed by atoms with Gasteiger partial charge >= 0.3 is 0 Å². The van der Waals surface area contributed by atoms with E-state index in [1.165, 1.54) is 0 Å². The van der Waals surface area contributed by atoms with Crippen molar-refractivity contribution in [1.29, 1.82) is 0 Å². The largest absolute Gasteiger partial charge is 0.304 e. The molecule has 0 saturated carbocycles. The Bertz CT molecular complexity index is 126. The number of halogens is 1. The summed E-state index contributed by atoms with van der Waals surface area (Å²) in [7, 11) is 2.05. The fourth-order valence-electron chi connectivity index (χ4n) is 1.36. The molecule has 0 N–H and O–H groups in total. The second-order valence-electron chi connectivity index (χ2n) is 3.37. The van der Waals surface area contributed by atoms with Gasteiger partial charge in [-0.05, 0) is 7.05 Å². The van der Waals surface area contributed by atoms with E-state index in [1.807, 2.05) is 4.90 Å². The zero-order valence-electron chi connectivity index (χ0n) is 7.50. The zero-order chi connectivity index (χ0) is 8.97. The van der Waals surface area contributed by atoms with E-state index in [9.17, 15) is 9.50 Å². The molecule has 0 bridgehead atoms. The highest BCUT2D eigenvalue weighted by molar-refractivity contribution is 4.71. The van der Waals surface area contributed by atoms with Gasteiger partial charge in [-0.25, -0.2) is 9.50 Å². The summed E-state index contributed by atoms with van der Waals surface area (Å²) in [6.07, 6.45) is -1.19. The highest BCUT2D eigenvalue weighted by atomic mass is 19.1. The van der Waals surface area contributed by atoms with Crippen molar-refractivity contribution >= 4 is 0 Å². The van der Waals surface area contributed by atoms with Gasteiger partial charge in [-0.15, -0.1) is 0 Å². The van der Waals surface area contributed by atoms with Gasteiger partial charge in [-0.3, -0.25) is 4.90 Å². The topological polar surface area (TPSA) is 26.4 Å². The normalized spacial score (nSPS) is 24.2. The van der Waals surface area contributed by atoms with E-state index in [0.29, 0.717) is 6.54 Å². The summed E-state index contributed by atoms with van der Waals surface area (Å²) < 4.78 is 12.6. The van der Waals surface area contributed by atoms with Gasteiger partial charge in [-0.2, -0.15) is 0 Å². The Kier molecular flexibility index (Phi) is 3.91. The van der Waals surface area contributed by atoms with Crippen LogP contribution in [0.2, 0.25) is 0 Å². The number of nitrogens with zero attached hydrogens (tertiary/aromatic N) is 2. The summed E-state index contributed by atoms with van der Waals surface area (Å²) >= 11 is 0. The number of piperazine rings is 1. The third-order valence-corrected chi connectivity index (χ3v) is 2.23. The Balaban J connectivity index is 2.17. The molecule has 0 aromatic heterocycles. The van der Waals surface area contributed by atoms with E-state index in [-0.39, 0.29) is 0 Å². The Labute approximate surface area is 72.8 Å². The van der Waals surface area contributed by atoms with Crippen molar-refractivity contribution < 1.29 is 9.50 Å². The van der Waals surface area contributed by atoms with Crippen molar-refractivity contribution in [1.82, 2.24) is 9.80 Å². The first kappa shape index (κ1) is 9.89. The molecule has 0 aromatic rings. The minimum absolute atomic E-state index is 0.317. The maximum Gasteiger partial charge on any atom is 0.139 e. The van der Waals surface area contributed by atoms with Crippen molar-refractivity contribution in [3.63, 3.8) is 0 Å². The van der Waals surface area contributed by atoms with Crippen molar-refractivity contribution in [2.75, 3.05) is 46.4 Å². The Morgan fingerprint density at radius 1 is 1.33 bits per heavy atom. The lowest BCUT2D eigenvalue weighted by Crippen LogP contribution is -2.46. The van der Waals surface area contributed by atoms with Gasteiger partial charge in [0.2, 0.25) is 0 Å². The van der Waals surface area contributed by atoms with E-state index >= 15 is 0 Å². The first-order valence-corrected chi connectivity index (χ1v) is 4.35. The van der Waals surface area contributed by atoms with Crippen LogP contribution in [0, 0.1) is 0 Å². The van der Waals surface area contributed by atoms with Gasteiger partial charge in [0.1, 0.15) is 12.8 Å². The smallest absolute Gasteiger partial charge is 0.139 e. The minimum Gasteiger partial charge on any atom is -0.304 e. The predicted octanol–water partition coefficient (Wildman–Crippen LogP) is 0.00240. The number of hydrogen-bond acceptors (Lipinski definition) is 2. The summed E-state index contributed by atoms with van der Waals surface area (Å²) in [5, 5.41) is 10.2. The molecule has 0 amide bonds. The highest BCUT2D eigenvalue weighted by Crippen LogP contribution is 2.01. The second-order valence-corrected chi connectivity index (χ2v) is 3.37. The average molecular weight is 175 g/mol. The molecule has 1 radical (unpaired) electrons. The van der Waals surface area contributed by atoms with Crippen molar-refractivity contribution in [2.45, 2.75) is 6.17 Å². The monoisotopic (exact) mass is 175 g/mol. The molecule has 1 rings (SSSR count). The van der Waals surface area contributed by atoms with E-state index in [1.54, 1.807) is 0 Å². The molecule has 1 saturated heterocycles. The van der Waals surface area contributed by atoms with Crippen LogP contribution in [0.1, 0.15) is 0 Å². The molecule has 4 heteroatoms. The molecule has 3 nitrogen and oxygen atoms in total. The summed E-state index contributed by atoms with van der Waals surface area (Å²) in [6.45, 7) is 3.44. The summed E-state index contributed by atoms with van der Waals surface area (Å²) in [5.41, 5.74) is 0. The maximum atomic E-state index is 12.6. The maximum absolute atomic E-state index is 12.6. The van der Waals surface area contributed by atoms with Gasteiger partial charge in [0.05, 0.1) is 0 Å². The van der Waals surface area contributed by atoms with Gasteiger partial charge in [0, 0.05) is 32.7 Å². The van der Waals surface area contributed by atoms with Crippen LogP contribution < -0.4 is 0 Å². The third-order valence-electron chi connectivity index (χ3n) is 2.23. The lowest BCUT2D eigenvalue weighted by molar-refractivity contribution is 0.0669. The first-order valence-electron chi connectivity index (χ1n) is 4.35. The predicted molar refractivity (Wildman–Crippen MR) is 44.4 cm³/mol. The minimum atomic E-state index is -1.19. The molecule has 0 aliphatic carbocycles. The van der Waals surface area contributed by atoms with Gasteiger partial charge in [-0.1, -0.05) is 0 Å². The molecule has 1 unspecified atom stereocenters. The lowest BCUT2D eigenvalue weighted by atomic mass is 10.3. The quantitative estimate of drug-likeness (QED) is 0.603. The number of rotatable bonds is 3. The molecule has 1 atom stereocenters. The molecule has 0 aromatic carbocycles. The Morgan fingerprint density at radius 2 is 1.92 bits per heavy atom. The standard InChI is InChI=1S/C8H16FN2O/c1-10-2-4-11(5-3-10)6-8(9)7-12/h8H,2-7H2,1H3. The van der Waals surface area contributed by atoms with E-state index in [2.05, 4.69) is 11.9 Å². The van der Waals surface area contributed by atoms with Crippen molar-refractivity contribution in [2.24, 2.45) is 0 Å². The fraction of sp³-hybridized carbons (Fsp3) is 1.00. The van der Waals surface area contributed by atoms with Crippen molar-refractivity contribution in [3.8, 4) is 0 Å². The average Bonchev–Trinajstić information content (AvgIpc) is 2.09. The summed E-state index contributed by atoms with van der Waals surface area (Å²) in [6, 6.07) is 0. The van der Waals surface area contributed by atoms with Crippen molar-refractivity contribution in [3.05, 3.63) is 0 Å². The number of likely N-dealkylation sites (N-methyl/N-ethyl adjacent to an activating group) is 1. The number of alkyl halides is 1. The molecular weight excluding hydrogens is 159 g/mol. The molecular formula is C8H16FN2O. The van der Waals surface area contributed by atoms with Gasteiger partial charge in [0.25, 0.3) is 0 Å². The molecule has 71 valence electrons. The van der Waals surface area contributed by atoms with E-state index < -0.39 is 12.8 Å². The SMILES string of the molecule is CN1CCN(CC(F)C[O])CC1. The van der Waals surface area contributed by atoms with Crippen LogP contribution in [0.3, 0.4) is 0 Å². The second kappa shape index (κ2) is 4.74. The van der Waals surface area contributed by atoms with Crippen LogP contribution in [0.5, 0.6) is 0 Å². The Hall–Kier alpha value is -0.190. The van der Waals surface area contributed by atoms with E-state index in [0.717, 1.165) is 26.2 Å². The molecule has 1 heterocycles. The molecule has 1 aliphatic heterocycles. The van der Waals surface area contributed by atoms with Gasteiger partial charge < -0.3 is 4.90 Å². The Morgan fingerprint density at radius 3 is 2.42 bits per heavy atom. The summed E-state index contributed by atoms with van der Waals surface area (Å²) in [4.78, 5) is 4.23. The molecule has 0 spiro atoms. The fourth-order valence-corrected chi connectivity index (χ4v) is 1.36. The van der Waals surface area contributed by atoms with Crippen LogP contribution in [0.25, 0.3) is 0 Å². The third kappa shape index (κ3) is 3.05. The number of hydrogen-bond donors (Lipinski definition) is 0. The van der Waals surface area contributed by atoms with Gasteiger partial charge in [0.15, 0.2) is 0 Å². The molecule has 1 fully saturated rings. The summed E-state index contributed by atoms with van der Waals surface area (Å²) in [5.74, 6) is 0. The van der Waals surface area contributed by atoms with E-state index in [4.69, 9.17) is 0 Å². The lowest BCUT2D eigenvalue weighted by Gasteiger charge is -2.32. The molecule has 12 heavy (non-hydrogen) atoms.